The van der Waals surface area contributed by atoms with Gasteiger partial charge in [0.05, 0.1) is 6.10 Å². The Morgan fingerprint density at radius 2 is 2.09 bits per heavy atom. The highest BCUT2D eigenvalue weighted by atomic mass is 16.5. The van der Waals surface area contributed by atoms with Crippen LogP contribution in [0.2, 0.25) is 0 Å². The average molecular weight is 159 g/mol. The first-order valence-corrected chi connectivity index (χ1v) is 4.66. The van der Waals surface area contributed by atoms with Gasteiger partial charge in [-0.05, 0) is 25.8 Å². The highest BCUT2D eigenvalue weighted by molar-refractivity contribution is 4.53. The van der Waals surface area contributed by atoms with Gasteiger partial charge in [0.25, 0.3) is 0 Å². The van der Waals surface area contributed by atoms with E-state index in [1.54, 1.807) is 0 Å². The Morgan fingerprint density at radius 1 is 1.36 bits per heavy atom. The Balaban J connectivity index is 3.20. The van der Waals surface area contributed by atoms with Gasteiger partial charge in [0, 0.05) is 6.61 Å². The predicted octanol–water partition coefficient (Wildman–Crippen LogP) is 1.93. The van der Waals surface area contributed by atoms with Crippen LogP contribution >= 0.6 is 0 Å². The molecule has 0 amide bonds. The molecule has 0 heterocycles. The molecule has 0 radical (unpaired) electrons. The van der Waals surface area contributed by atoms with Crippen LogP contribution < -0.4 is 5.73 Å². The Kier molecular flexibility index (Phi) is 7.96. The first-order valence-electron chi connectivity index (χ1n) is 4.66. The van der Waals surface area contributed by atoms with Gasteiger partial charge in [-0.2, -0.15) is 0 Å². The molecule has 2 N–H and O–H groups in total. The van der Waals surface area contributed by atoms with E-state index in [9.17, 15) is 0 Å². The van der Waals surface area contributed by atoms with E-state index in [0.29, 0.717) is 6.10 Å². The summed E-state index contributed by atoms with van der Waals surface area (Å²) in [6.07, 6.45) is 4.97. The molecule has 0 rings (SSSR count). The van der Waals surface area contributed by atoms with Crippen molar-refractivity contribution in [1.29, 1.82) is 0 Å². The van der Waals surface area contributed by atoms with Gasteiger partial charge in [-0.1, -0.05) is 20.3 Å². The summed E-state index contributed by atoms with van der Waals surface area (Å²) in [5.74, 6) is 0. The minimum Gasteiger partial charge on any atom is -0.378 e. The standard InChI is InChI=1S/C9H21NO/c1-3-6-9(4-2)11-8-5-7-10/h9H,3-8,10H2,1-2H3. The van der Waals surface area contributed by atoms with Gasteiger partial charge < -0.3 is 10.5 Å². The molecule has 2 heteroatoms. The van der Waals surface area contributed by atoms with Crippen LogP contribution in [0.4, 0.5) is 0 Å². The fourth-order valence-corrected chi connectivity index (χ4v) is 1.06. The van der Waals surface area contributed by atoms with E-state index < -0.39 is 0 Å². The number of ether oxygens (including phenoxy) is 1. The molecule has 0 aromatic carbocycles. The van der Waals surface area contributed by atoms with Gasteiger partial charge in [-0.25, -0.2) is 0 Å². The first kappa shape index (κ1) is 10.9. The molecule has 1 unspecified atom stereocenters. The summed E-state index contributed by atoms with van der Waals surface area (Å²) in [6, 6.07) is 0. The molecule has 1 atom stereocenters. The van der Waals surface area contributed by atoms with Crippen molar-refractivity contribution in [2.24, 2.45) is 5.73 Å². The lowest BCUT2D eigenvalue weighted by atomic mass is 10.1. The SMILES string of the molecule is CCCC(CC)OCCCN. The second kappa shape index (κ2) is 8.02. The van der Waals surface area contributed by atoms with Gasteiger partial charge in [0.2, 0.25) is 0 Å². The normalized spacial score (nSPS) is 13.4. The fourth-order valence-electron chi connectivity index (χ4n) is 1.06. The third kappa shape index (κ3) is 6.32. The summed E-state index contributed by atoms with van der Waals surface area (Å²) in [5, 5.41) is 0. The third-order valence-electron chi connectivity index (χ3n) is 1.77. The molecule has 0 spiro atoms. The zero-order chi connectivity index (χ0) is 8.53. The molecule has 0 aliphatic carbocycles. The topological polar surface area (TPSA) is 35.2 Å². The maximum absolute atomic E-state index is 5.59. The molecule has 68 valence electrons. The van der Waals surface area contributed by atoms with Crippen LogP contribution in [0.1, 0.15) is 39.5 Å². The third-order valence-corrected chi connectivity index (χ3v) is 1.77. The smallest absolute Gasteiger partial charge is 0.0572 e. The quantitative estimate of drug-likeness (QED) is 0.576. The fraction of sp³-hybridized carbons (Fsp3) is 1.00. The maximum Gasteiger partial charge on any atom is 0.0572 e. The summed E-state index contributed by atoms with van der Waals surface area (Å²) in [7, 11) is 0. The van der Waals surface area contributed by atoms with Crippen molar-refractivity contribution >= 4 is 0 Å². The summed E-state index contributed by atoms with van der Waals surface area (Å²) in [6.45, 7) is 5.93. The maximum atomic E-state index is 5.59. The van der Waals surface area contributed by atoms with Gasteiger partial charge in [-0.15, -0.1) is 0 Å². The molecule has 0 aliphatic heterocycles. The summed E-state index contributed by atoms with van der Waals surface area (Å²) >= 11 is 0. The molecular weight excluding hydrogens is 138 g/mol. The van der Waals surface area contributed by atoms with E-state index in [1.165, 1.54) is 12.8 Å². The number of rotatable bonds is 7. The molecule has 2 nitrogen and oxygen atoms in total. The highest BCUT2D eigenvalue weighted by Crippen LogP contribution is 2.05. The van der Waals surface area contributed by atoms with E-state index >= 15 is 0 Å². The van der Waals surface area contributed by atoms with Crippen LogP contribution in [0.3, 0.4) is 0 Å². The molecule has 11 heavy (non-hydrogen) atoms. The predicted molar refractivity (Wildman–Crippen MR) is 48.6 cm³/mol. The monoisotopic (exact) mass is 159 g/mol. The van der Waals surface area contributed by atoms with E-state index in [4.69, 9.17) is 10.5 Å². The lowest BCUT2D eigenvalue weighted by Gasteiger charge is -2.14. The van der Waals surface area contributed by atoms with E-state index in [1.807, 2.05) is 0 Å². The Labute approximate surface area is 70.1 Å². The Bertz CT molecular complexity index is 76.0. The second-order valence-corrected chi connectivity index (χ2v) is 2.83. The Morgan fingerprint density at radius 3 is 2.55 bits per heavy atom. The van der Waals surface area contributed by atoms with Crippen molar-refractivity contribution in [1.82, 2.24) is 0 Å². The average Bonchev–Trinajstić information content (AvgIpc) is 2.03. The number of hydrogen-bond acceptors (Lipinski definition) is 2. The number of nitrogens with two attached hydrogens (primary N) is 1. The van der Waals surface area contributed by atoms with Crippen molar-refractivity contribution in [2.45, 2.75) is 45.6 Å². The van der Waals surface area contributed by atoms with Crippen LogP contribution in [-0.2, 0) is 4.74 Å². The van der Waals surface area contributed by atoms with Crippen LogP contribution in [0.25, 0.3) is 0 Å². The van der Waals surface area contributed by atoms with Gasteiger partial charge in [0.15, 0.2) is 0 Å². The van der Waals surface area contributed by atoms with Crippen molar-refractivity contribution in [3.8, 4) is 0 Å². The highest BCUT2D eigenvalue weighted by Gasteiger charge is 2.03. The zero-order valence-corrected chi connectivity index (χ0v) is 7.81. The molecule has 0 saturated carbocycles. The van der Waals surface area contributed by atoms with Crippen molar-refractivity contribution < 1.29 is 4.74 Å². The van der Waals surface area contributed by atoms with Crippen LogP contribution in [0.5, 0.6) is 0 Å². The lowest BCUT2D eigenvalue weighted by Crippen LogP contribution is -2.14. The van der Waals surface area contributed by atoms with Crippen molar-refractivity contribution in [3.63, 3.8) is 0 Å². The lowest BCUT2D eigenvalue weighted by molar-refractivity contribution is 0.0440. The summed E-state index contributed by atoms with van der Waals surface area (Å²) in [4.78, 5) is 0. The summed E-state index contributed by atoms with van der Waals surface area (Å²) in [5.41, 5.74) is 5.35. The van der Waals surface area contributed by atoms with Gasteiger partial charge >= 0.3 is 0 Å². The van der Waals surface area contributed by atoms with Crippen LogP contribution in [0.15, 0.2) is 0 Å². The van der Waals surface area contributed by atoms with E-state index in [-0.39, 0.29) is 0 Å². The van der Waals surface area contributed by atoms with Crippen molar-refractivity contribution in [3.05, 3.63) is 0 Å². The van der Waals surface area contributed by atoms with Crippen LogP contribution in [0, 0.1) is 0 Å². The largest absolute Gasteiger partial charge is 0.378 e. The molecule has 0 fully saturated rings. The molecule has 0 aromatic heterocycles. The summed E-state index contributed by atoms with van der Waals surface area (Å²) < 4.78 is 5.59. The first-order chi connectivity index (χ1) is 5.35. The Hall–Kier alpha value is -0.0800. The minimum atomic E-state index is 0.464. The molecular formula is C9H21NO. The zero-order valence-electron chi connectivity index (χ0n) is 7.81. The molecule has 0 aromatic rings. The van der Waals surface area contributed by atoms with Gasteiger partial charge in [-0.3, -0.25) is 0 Å². The van der Waals surface area contributed by atoms with E-state index in [0.717, 1.165) is 26.0 Å². The van der Waals surface area contributed by atoms with E-state index in [2.05, 4.69) is 13.8 Å². The molecule has 0 saturated heterocycles. The second-order valence-electron chi connectivity index (χ2n) is 2.83. The van der Waals surface area contributed by atoms with Crippen molar-refractivity contribution in [2.75, 3.05) is 13.2 Å². The molecule has 0 bridgehead atoms. The number of hydrogen-bond donors (Lipinski definition) is 1. The minimum absolute atomic E-state index is 0.464. The van der Waals surface area contributed by atoms with Gasteiger partial charge in [0.1, 0.15) is 0 Å². The molecule has 0 aliphatic rings. The van der Waals surface area contributed by atoms with Crippen LogP contribution in [-0.4, -0.2) is 19.3 Å².